The maximum Gasteiger partial charge on any atom is 0.311 e. The summed E-state index contributed by atoms with van der Waals surface area (Å²) in [6, 6.07) is 4.87. The van der Waals surface area contributed by atoms with Gasteiger partial charge in [0.15, 0.2) is 0 Å². The number of halogens is 2. The van der Waals surface area contributed by atoms with Crippen LogP contribution in [0.5, 0.6) is 0 Å². The highest BCUT2D eigenvalue weighted by atomic mass is 79.9. The van der Waals surface area contributed by atoms with Crippen molar-refractivity contribution < 1.29 is 14.7 Å². The van der Waals surface area contributed by atoms with E-state index in [4.69, 9.17) is 11.6 Å². The van der Waals surface area contributed by atoms with E-state index in [2.05, 4.69) is 21.2 Å². The summed E-state index contributed by atoms with van der Waals surface area (Å²) in [6.45, 7) is 6.50. The number of carbonyl (C=O) groups excluding carboxylic acids is 1. The van der Waals surface area contributed by atoms with Gasteiger partial charge in [-0.1, -0.05) is 11.6 Å². The van der Waals surface area contributed by atoms with Crippen molar-refractivity contribution in [3.8, 4) is 0 Å². The van der Waals surface area contributed by atoms with Gasteiger partial charge >= 0.3 is 5.97 Å². The summed E-state index contributed by atoms with van der Waals surface area (Å²) >= 11 is 9.16. The fraction of sp³-hybridized carbons (Fsp3) is 0.429. The van der Waals surface area contributed by atoms with Crippen molar-refractivity contribution >= 4 is 39.4 Å². The van der Waals surface area contributed by atoms with E-state index in [0.29, 0.717) is 15.1 Å². The molecule has 1 amide bonds. The lowest BCUT2D eigenvalue weighted by atomic mass is 9.74. The van der Waals surface area contributed by atoms with E-state index in [9.17, 15) is 14.7 Å². The Morgan fingerprint density at radius 2 is 1.80 bits per heavy atom. The molecule has 0 aliphatic carbocycles. The van der Waals surface area contributed by atoms with E-state index in [-0.39, 0.29) is 5.91 Å². The second kappa shape index (κ2) is 5.74. The lowest BCUT2D eigenvalue weighted by Crippen LogP contribution is -2.57. The normalized spacial score (nSPS) is 12.1. The van der Waals surface area contributed by atoms with Gasteiger partial charge in [-0.2, -0.15) is 0 Å². The summed E-state index contributed by atoms with van der Waals surface area (Å²) in [5.74, 6) is -1.35. The van der Waals surface area contributed by atoms with Crippen molar-refractivity contribution in [1.29, 1.82) is 0 Å². The molecule has 0 heterocycles. The Kier molecular flexibility index (Phi) is 4.87. The number of carboxylic acids is 1. The van der Waals surface area contributed by atoms with Crippen LogP contribution in [0.1, 0.15) is 38.1 Å². The number of rotatable bonds is 4. The zero-order chi connectivity index (χ0) is 15.7. The average molecular weight is 363 g/mol. The van der Waals surface area contributed by atoms with Crippen LogP contribution in [0.15, 0.2) is 22.7 Å². The third-order valence-corrected chi connectivity index (χ3v) is 4.62. The van der Waals surface area contributed by atoms with Crippen LogP contribution in [-0.4, -0.2) is 22.5 Å². The Labute approximate surface area is 131 Å². The quantitative estimate of drug-likeness (QED) is 0.858. The fourth-order valence-corrected chi connectivity index (χ4v) is 2.05. The SMILES string of the molecule is CC(C)(NC(=O)c1cc(Cl)ccc1Br)C(C)(C)C(=O)O. The third-order valence-electron chi connectivity index (χ3n) is 3.70. The Balaban J connectivity index is 3.06. The van der Waals surface area contributed by atoms with E-state index in [1.807, 2.05) is 0 Å². The predicted octanol–water partition coefficient (Wildman–Crippen LogP) is 3.72. The first-order valence-corrected chi connectivity index (χ1v) is 7.17. The van der Waals surface area contributed by atoms with Crippen molar-refractivity contribution in [3.05, 3.63) is 33.3 Å². The highest BCUT2D eigenvalue weighted by Crippen LogP contribution is 2.31. The number of hydrogen-bond donors (Lipinski definition) is 2. The summed E-state index contributed by atoms with van der Waals surface area (Å²) in [7, 11) is 0. The Morgan fingerprint density at radius 1 is 1.25 bits per heavy atom. The largest absolute Gasteiger partial charge is 0.481 e. The molecule has 2 N–H and O–H groups in total. The molecular formula is C14H17BrClNO3. The minimum atomic E-state index is -1.12. The first kappa shape index (κ1) is 17.0. The van der Waals surface area contributed by atoms with E-state index >= 15 is 0 Å². The fourth-order valence-electron chi connectivity index (χ4n) is 1.45. The lowest BCUT2D eigenvalue weighted by Gasteiger charge is -2.38. The molecule has 0 radical (unpaired) electrons. The summed E-state index contributed by atoms with van der Waals surface area (Å²) in [5, 5.41) is 12.5. The van der Waals surface area contributed by atoms with Crippen LogP contribution in [0.3, 0.4) is 0 Å². The molecule has 0 aromatic heterocycles. The van der Waals surface area contributed by atoms with Gasteiger partial charge in [0.25, 0.3) is 5.91 Å². The van der Waals surface area contributed by atoms with Gasteiger partial charge in [0, 0.05) is 9.50 Å². The molecule has 1 aromatic carbocycles. The third kappa shape index (κ3) is 3.33. The molecular weight excluding hydrogens is 346 g/mol. The molecule has 0 bridgehead atoms. The minimum absolute atomic E-state index is 0.367. The summed E-state index contributed by atoms with van der Waals surface area (Å²) in [6.07, 6.45) is 0. The molecule has 1 aromatic rings. The van der Waals surface area contributed by atoms with Gasteiger partial charge in [0.1, 0.15) is 0 Å². The van der Waals surface area contributed by atoms with Crippen molar-refractivity contribution in [2.24, 2.45) is 5.41 Å². The van der Waals surface area contributed by atoms with E-state index < -0.39 is 16.9 Å². The molecule has 1 rings (SSSR count). The minimum Gasteiger partial charge on any atom is -0.481 e. The molecule has 0 spiro atoms. The molecule has 0 saturated heterocycles. The zero-order valence-corrected chi connectivity index (χ0v) is 14.1. The number of amides is 1. The highest BCUT2D eigenvalue weighted by molar-refractivity contribution is 9.10. The van der Waals surface area contributed by atoms with Crippen molar-refractivity contribution in [3.63, 3.8) is 0 Å². The van der Waals surface area contributed by atoms with Gasteiger partial charge in [-0.3, -0.25) is 9.59 Å². The van der Waals surface area contributed by atoms with Gasteiger partial charge in [-0.25, -0.2) is 0 Å². The smallest absolute Gasteiger partial charge is 0.311 e. The van der Waals surface area contributed by atoms with E-state index in [1.165, 1.54) is 6.07 Å². The van der Waals surface area contributed by atoms with Crippen LogP contribution in [-0.2, 0) is 4.79 Å². The second-order valence-electron chi connectivity index (χ2n) is 5.63. The average Bonchev–Trinajstić information content (AvgIpc) is 2.31. The molecule has 0 aliphatic rings. The van der Waals surface area contributed by atoms with Crippen LogP contribution in [0.25, 0.3) is 0 Å². The zero-order valence-electron chi connectivity index (χ0n) is 11.8. The Morgan fingerprint density at radius 3 is 2.30 bits per heavy atom. The van der Waals surface area contributed by atoms with E-state index in [0.717, 1.165) is 0 Å². The second-order valence-corrected chi connectivity index (χ2v) is 6.92. The molecule has 20 heavy (non-hydrogen) atoms. The van der Waals surface area contributed by atoms with Crippen LogP contribution in [0, 0.1) is 5.41 Å². The van der Waals surface area contributed by atoms with Gasteiger partial charge in [-0.05, 0) is 61.8 Å². The maximum atomic E-state index is 12.3. The highest BCUT2D eigenvalue weighted by Gasteiger charge is 2.44. The van der Waals surface area contributed by atoms with Crippen LogP contribution in [0.4, 0.5) is 0 Å². The number of carboxylic acid groups (broad SMARTS) is 1. The Hall–Kier alpha value is -1.07. The van der Waals surface area contributed by atoms with Crippen molar-refractivity contribution in [2.75, 3.05) is 0 Å². The monoisotopic (exact) mass is 361 g/mol. The van der Waals surface area contributed by atoms with E-state index in [1.54, 1.807) is 39.8 Å². The summed E-state index contributed by atoms with van der Waals surface area (Å²) < 4.78 is 0.600. The van der Waals surface area contributed by atoms with Crippen LogP contribution < -0.4 is 5.32 Å². The van der Waals surface area contributed by atoms with Crippen LogP contribution >= 0.6 is 27.5 Å². The summed E-state index contributed by atoms with van der Waals surface area (Å²) in [5.41, 5.74) is -1.68. The number of nitrogens with one attached hydrogen (secondary N) is 1. The van der Waals surface area contributed by atoms with Gasteiger partial charge in [0.2, 0.25) is 0 Å². The first-order chi connectivity index (χ1) is 8.99. The molecule has 0 aliphatic heterocycles. The molecule has 0 unspecified atom stereocenters. The number of hydrogen-bond acceptors (Lipinski definition) is 2. The Bertz CT molecular complexity index is 555. The number of carbonyl (C=O) groups is 2. The maximum absolute atomic E-state index is 12.3. The molecule has 6 heteroatoms. The predicted molar refractivity (Wildman–Crippen MR) is 82.1 cm³/mol. The van der Waals surface area contributed by atoms with Gasteiger partial charge in [-0.15, -0.1) is 0 Å². The van der Waals surface area contributed by atoms with Crippen LogP contribution in [0.2, 0.25) is 5.02 Å². The number of benzene rings is 1. The van der Waals surface area contributed by atoms with Gasteiger partial charge in [0.05, 0.1) is 16.5 Å². The topological polar surface area (TPSA) is 66.4 Å². The molecule has 0 atom stereocenters. The van der Waals surface area contributed by atoms with Crippen molar-refractivity contribution in [2.45, 2.75) is 33.2 Å². The number of aliphatic carboxylic acids is 1. The molecule has 4 nitrogen and oxygen atoms in total. The standard InChI is InChI=1S/C14H17BrClNO3/c1-13(2,12(19)20)14(3,4)17-11(18)9-7-8(16)5-6-10(9)15/h5-7H,1-4H3,(H,17,18)(H,19,20). The molecule has 0 saturated carbocycles. The van der Waals surface area contributed by atoms with Gasteiger partial charge < -0.3 is 10.4 Å². The molecule has 0 fully saturated rings. The lowest BCUT2D eigenvalue weighted by molar-refractivity contribution is -0.150. The molecule has 110 valence electrons. The first-order valence-electron chi connectivity index (χ1n) is 6.00. The summed E-state index contributed by atoms with van der Waals surface area (Å²) in [4.78, 5) is 23.6. The van der Waals surface area contributed by atoms with Crippen molar-refractivity contribution in [1.82, 2.24) is 5.32 Å².